The first-order chi connectivity index (χ1) is 8.14. The van der Waals surface area contributed by atoms with Crippen LogP contribution in [0.15, 0.2) is 18.2 Å². The lowest BCUT2D eigenvalue weighted by atomic mass is 9.90. The molecule has 0 aliphatic rings. The first-order valence-corrected chi connectivity index (χ1v) is 7.03. The molecule has 4 heteroatoms. The maximum Gasteiger partial charge on any atom is 0.253 e. The summed E-state index contributed by atoms with van der Waals surface area (Å²) in [4.78, 5) is 12.1. The van der Waals surface area contributed by atoms with Gasteiger partial charge < -0.3 is 0 Å². The molecule has 0 atom stereocenters. The van der Waals surface area contributed by atoms with Crippen LogP contribution in [0.25, 0.3) is 0 Å². The Bertz CT molecular complexity index is 445. The highest BCUT2D eigenvalue weighted by Crippen LogP contribution is 2.34. The van der Waals surface area contributed by atoms with E-state index in [1.807, 2.05) is 26.0 Å². The van der Waals surface area contributed by atoms with Gasteiger partial charge in [-0.1, -0.05) is 80.7 Å². The van der Waals surface area contributed by atoms with E-state index in [4.69, 9.17) is 34.8 Å². The fourth-order valence-corrected chi connectivity index (χ4v) is 2.08. The Hall–Kier alpha value is -0.240. The van der Waals surface area contributed by atoms with Gasteiger partial charge in [0.15, 0.2) is 0 Å². The lowest BCUT2D eigenvalue weighted by Gasteiger charge is -2.18. The molecule has 0 saturated heterocycles. The van der Waals surface area contributed by atoms with Crippen molar-refractivity contribution in [3.05, 3.63) is 34.9 Å². The molecule has 1 aromatic rings. The molecule has 0 unspecified atom stereocenters. The fraction of sp³-hybridized carbons (Fsp3) is 0.500. The van der Waals surface area contributed by atoms with Crippen LogP contribution in [0.5, 0.6) is 0 Å². The SMILES string of the molecule is CC(C)c1ccc(C(=O)C(Cl)(Cl)Cl)c(C(C)C)c1. The maximum absolute atomic E-state index is 12.1. The van der Waals surface area contributed by atoms with Crippen molar-refractivity contribution in [2.75, 3.05) is 0 Å². The van der Waals surface area contributed by atoms with Crippen molar-refractivity contribution in [3.8, 4) is 0 Å². The Morgan fingerprint density at radius 3 is 2.00 bits per heavy atom. The standard InChI is InChI=1S/C14H17Cl3O/c1-8(2)10-5-6-11(12(7-10)9(3)4)13(18)14(15,16)17/h5-9H,1-4H3. The van der Waals surface area contributed by atoms with E-state index in [1.165, 1.54) is 5.56 Å². The van der Waals surface area contributed by atoms with Crippen molar-refractivity contribution in [2.24, 2.45) is 0 Å². The van der Waals surface area contributed by atoms with Gasteiger partial charge in [0.25, 0.3) is 3.79 Å². The van der Waals surface area contributed by atoms with Crippen molar-refractivity contribution in [1.29, 1.82) is 0 Å². The summed E-state index contributed by atoms with van der Waals surface area (Å²) in [5.74, 6) is 0.140. The number of hydrogen-bond acceptors (Lipinski definition) is 1. The van der Waals surface area contributed by atoms with Crippen LogP contribution in [0.3, 0.4) is 0 Å². The minimum Gasteiger partial charge on any atom is -0.289 e. The largest absolute Gasteiger partial charge is 0.289 e. The second-order valence-electron chi connectivity index (χ2n) is 4.98. The molecule has 0 radical (unpaired) electrons. The highest BCUT2D eigenvalue weighted by Gasteiger charge is 2.33. The van der Waals surface area contributed by atoms with Gasteiger partial charge >= 0.3 is 0 Å². The van der Waals surface area contributed by atoms with E-state index in [0.29, 0.717) is 11.5 Å². The Balaban J connectivity index is 3.33. The summed E-state index contributed by atoms with van der Waals surface area (Å²) < 4.78 is -1.90. The number of carbonyl (C=O) groups excluding carboxylic acids is 1. The van der Waals surface area contributed by atoms with Crippen LogP contribution in [0.4, 0.5) is 0 Å². The Kier molecular flexibility index (Phi) is 5.11. The predicted molar refractivity (Wildman–Crippen MR) is 79.2 cm³/mol. The summed E-state index contributed by atoms with van der Waals surface area (Å²) in [6.45, 7) is 8.26. The van der Waals surface area contributed by atoms with Crippen molar-refractivity contribution in [2.45, 2.75) is 43.3 Å². The van der Waals surface area contributed by atoms with Gasteiger partial charge in [0.05, 0.1) is 0 Å². The molecule has 0 aliphatic carbocycles. The maximum atomic E-state index is 12.1. The third kappa shape index (κ3) is 3.63. The van der Waals surface area contributed by atoms with Gasteiger partial charge in [-0.05, 0) is 23.0 Å². The molecular formula is C14H17Cl3O. The quantitative estimate of drug-likeness (QED) is 0.533. The molecule has 100 valence electrons. The second kappa shape index (κ2) is 5.81. The zero-order valence-electron chi connectivity index (χ0n) is 10.9. The summed E-state index contributed by atoms with van der Waals surface area (Å²) in [6.07, 6.45) is 0. The van der Waals surface area contributed by atoms with Crippen molar-refractivity contribution < 1.29 is 4.79 Å². The van der Waals surface area contributed by atoms with E-state index in [-0.39, 0.29) is 5.92 Å². The molecule has 0 fully saturated rings. The smallest absolute Gasteiger partial charge is 0.253 e. The van der Waals surface area contributed by atoms with Crippen LogP contribution in [-0.4, -0.2) is 9.58 Å². The van der Waals surface area contributed by atoms with Crippen LogP contribution >= 0.6 is 34.8 Å². The average Bonchev–Trinajstić information content (AvgIpc) is 2.25. The Morgan fingerprint density at radius 2 is 1.61 bits per heavy atom. The van der Waals surface area contributed by atoms with Crippen LogP contribution in [0.1, 0.15) is 61.0 Å². The summed E-state index contributed by atoms with van der Waals surface area (Å²) in [5, 5.41) is 0. The number of rotatable bonds is 3. The number of benzene rings is 1. The number of hydrogen-bond donors (Lipinski definition) is 0. The number of alkyl halides is 3. The number of halogens is 3. The van der Waals surface area contributed by atoms with E-state index >= 15 is 0 Å². The van der Waals surface area contributed by atoms with E-state index in [9.17, 15) is 4.79 Å². The molecule has 0 amide bonds. The summed E-state index contributed by atoms with van der Waals surface area (Å²) in [5.41, 5.74) is 2.60. The monoisotopic (exact) mass is 306 g/mol. The van der Waals surface area contributed by atoms with Gasteiger partial charge in [0.1, 0.15) is 0 Å². The topological polar surface area (TPSA) is 17.1 Å². The van der Waals surface area contributed by atoms with Gasteiger partial charge in [-0.2, -0.15) is 0 Å². The van der Waals surface area contributed by atoms with E-state index in [0.717, 1.165) is 5.56 Å². The van der Waals surface area contributed by atoms with Crippen LogP contribution < -0.4 is 0 Å². The molecule has 1 rings (SSSR count). The molecule has 0 saturated carbocycles. The van der Waals surface area contributed by atoms with Gasteiger partial charge in [0.2, 0.25) is 5.78 Å². The van der Waals surface area contributed by atoms with Gasteiger partial charge in [-0.25, -0.2) is 0 Å². The van der Waals surface area contributed by atoms with Crippen molar-refractivity contribution in [3.63, 3.8) is 0 Å². The molecule has 1 aromatic carbocycles. The molecule has 1 nitrogen and oxygen atoms in total. The molecule has 0 heterocycles. The van der Waals surface area contributed by atoms with Gasteiger partial charge in [-0.15, -0.1) is 0 Å². The molecule has 18 heavy (non-hydrogen) atoms. The van der Waals surface area contributed by atoms with Gasteiger partial charge in [0, 0.05) is 5.56 Å². The summed E-state index contributed by atoms with van der Waals surface area (Å²) >= 11 is 17.0. The lowest BCUT2D eigenvalue weighted by Crippen LogP contribution is -2.21. The van der Waals surface area contributed by atoms with E-state index in [1.54, 1.807) is 6.07 Å². The summed E-state index contributed by atoms with van der Waals surface area (Å²) in [6, 6.07) is 5.70. The minimum atomic E-state index is -1.90. The van der Waals surface area contributed by atoms with Crippen molar-refractivity contribution >= 4 is 40.6 Å². The Labute approximate surface area is 123 Å². The number of Topliss-reactive ketones (excluding diaryl/α,β-unsaturated/α-hetero) is 1. The summed E-state index contributed by atoms with van der Waals surface area (Å²) in [7, 11) is 0. The zero-order valence-corrected chi connectivity index (χ0v) is 13.2. The molecule has 0 aromatic heterocycles. The minimum absolute atomic E-state index is 0.204. The first kappa shape index (κ1) is 15.8. The number of ketones is 1. The predicted octanol–water partition coefficient (Wildman–Crippen LogP) is 5.49. The number of carbonyl (C=O) groups is 1. The first-order valence-electron chi connectivity index (χ1n) is 5.90. The molecule has 0 N–H and O–H groups in total. The average molecular weight is 308 g/mol. The van der Waals surface area contributed by atoms with Crippen molar-refractivity contribution in [1.82, 2.24) is 0 Å². The zero-order chi connectivity index (χ0) is 14.1. The molecule has 0 aliphatic heterocycles. The third-order valence-corrected chi connectivity index (χ3v) is 3.38. The molecular weight excluding hydrogens is 291 g/mol. The lowest BCUT2D eigenvalue weighted by molar-refractivity contribution is 0.0995. The molecule has 0 spiro atoms. The van der Waals surface area contributed by atoms with E-state index in [2.05, 4.69) is 13.8 Å². The van der Waals surface area contributed by atoms with Crippen LogP contribution in [-0.2, 0) is 0 Å². The Morgan fingerprint density at radius 1 is 1.06 bits per heavy atom. The third-order valence-electron chi connectivity index (χ3n) is 2.87. The fourth-order valence-electron chi connectivity index (χ4n) is 1.78. The van der Waals surface area contributed by atoms with Crippen LogP contribution in [0.2, 0.25) is 0 Å². The van der Waals surface area contributed by atoms with Gasteiger partial charge in [-0.3, -0.25) is 4.79 Å². The highest BCUT2D eigenvalue weighted by molar-refractivity contribution is 6.77. The van der Waals surface area contributed by atoms with Crippen LogP contribution in [0, 0.1) is 0 Å². The highest BCUT2D eigenvalue weighted by atomic mass is 35.6. The normalized spacial score (nSPS) is 12.3. The van der Waals surface area contributed by atoms with E-state index < -0.39 is 9.58 Å². The molecule has 0 bridgehead atoms. The second-order valence-corrected chi connectivity index (χ2v) is 7.26.